The van der Waals surface area contributed by atoms with Crippen LogP contribution in [-0.4, -0.2) is 18.2 Å². The van der Waals surface area contributed by atoms with Gasteiger partial charge in [0.05, 0.1) is 11.4 Å². The highest BCUT2D eigenvalue weighted by molar-refractivity contribution is 7.92. The van der Waals surface area contributed by atoms with Crippen LogP contribution in [0.25, 0.3) is 0 Å². The molecule has 0 aliphatic carbocycles. The van der Waals surface area contributed by atoms with Gasteiger partial charge >= 0.3 is 0 Å². The summed E-state index contributed by atoms with van der Waals surface area (Å²) in [4.78, 5) is 0.0930. The van der Waals surface area contributed by atoms with Crippen molar-refractivity contribution in [2.45, 2.75) is 31.7 Å². The molecule has 0 amide bonds. The molecule has 0 saturated carbocycles. The molecule has 2 rings (SSSR count). The van der Waals surface area contributed by atoms with E-state index < -0.39 is 15.8 Å². The Morgan fingerprint density at radius 1 is 1.35 bits per heavy atom. The lowest BCUT2D eigenvalue weighted by atomic mass is 10.3. The first-order valence-electron chi connectivity index (χ1n) is 6.14. The smallest absolute Gasteiger partial charge is 0.265 e. The van der Waals surface area contributed by atoms with E-state index in [4.69, 9.17) is 0 Å². The molecule has 0 fully saturated rings. The molecule has 0 spiro atoms. The summed E-state index contributed by atoms with van der Waals surface area (Å²) in [6.45, 7) is 5.44. The molecule has 2 aromatic rings. The molecule has 5 nitrogen and oxygen atoms in total. The van der Waals surface area contributed by atoms with Crippen LogP contribution in [0.3, 0.4) is 0 Å². The van der Waals surface area contributed by atoms with Crippen molar-refractivity contribution in [3.63, 3.8) is 0 Å². The molecular weight excluding hydrogens is 281 g/mol. The fourth-order valence-electron chi connectivity index (χ4n) is 1.76. The molecule has 0 aliphatic heterocycles. The number of rotatable bonds is 4. The highest BCUT2D eigenvalue weighted by Crippen LogP contribution is 2.20. The van der Waals surface area contributed by atoms with Gasteiger partial charge in [0.2, 0.25) is 0 Å². The first kappa shape index (κ1) is 14.5. The SMILES string of the molecule is Cc1nn(C(C)C)cc1S(=O)(=O)Nc1cccc(F)c1. The van der Waals surface area contributed by atoms with Gasteiger partial charge in [-0.2, -0.15) is 5.10 Å². The number of nitrogens with one attached hydrogen (secondary N) is 1. The van der Waals surface area contributed by atoms with Gasteiger partial charge < -0.3 is 0 Å². The predicted molar refractivity (Wildman–Crippen MR) is 74.6 cm³/mol. The third-order valence-electron chi connectivity index (χ3n) is 2.77. The molecule has 1 heterocycles. The van der Waals surface area contributed by atoms with Gasteiger partial charge in [0.25, 0.3) is 10.0 Å². The van der Waals surface area contributed by atoms with E-state index in [1.54, 1.807) is 11.6 Å². The molecular formula is C13H16FN3O2S. The Hall–Kier alpha value is -1.89. The van der Waals surface area contributed by atoms with Crippen LogP contribution >= 0.6 is 0 Å². The van der Waals surface area contributed by atoms with Crippen molar-refractivity contribution in [2.75, 3.05) is 4.72 Å². The molecule has 0 radical (unpaired) electrons. The number of benzene rings is 1. The number of hydrogen-bond acceptors (Lipinski definition) is 3. The zero-order valence-corrected chi connectivity index (χ0v) is 12.3. The van der Waals surface area contributed by atoms with Gasteiger partial charge in [-0.15, -0.1) is 0 Å². The highest BCUT2D eigenvalue weighted by atomic mass is 32.2. The second kappa shape index (κ2) is 5.24. The number of sulfonamides is 1. The molecule has 1 aromatic carbocycles. The summed E-state index contributed by atoms with van der Waals surface area (Å²) in [5.41, 5.74) is 0.587. The van der Waals surface area contributed by atoms with Crippen LogP contribution in [0.1, 0.15) is 25.6 Å². The second-order valence-electron chi connectivity index (χ2n) is 4.77. The first-order chi connectivity index (χ1) is 9.29. The Labute approximate surface area is 117 Å². The number of nitrogens with zero attached hydrogens (tertiary/aromatic N) is 2. The summed E-state index contributed by atoms with van der Waals surface area (Å²) < 4.78 is 41.6. The zero-order valence-electron chi connectivity index (χ0n) is 11.5. The molecule has 108 valence electrons. The van der Waals surface area contributed by atoms with Gasteiger partial charge in [0, 0.05) is 12.2 Å². The standard InChI is InChI=1S/C13H16FN3O2S/c1-9(2)17-8-13(10(3)15-17)20(18,19)16-12-6-4-5-11(14)7-12/h4-9,16H,1-3H3. The lowest BCUT2D eigenvalue weighted by Gasteiger charge is -2.07. The Morgan fingerprint density at radius 3 is 2.60 bits per heavy atom. The van der Waals surface area contributed by atoms with Crippen molar-refractivity contribution >= 4 is 15.7 Å². The summed E-state index contributed by atoms with van der Waals surface area (Å²) in [6.07, 6.45) is 1.47. The molecule has 7 heteroatoms. The summed E-state index contributed by atoms with van der Waals surface area (Å²) in [5, 5.41) is 4.16. The van der Waals surface area contributed by atoms with Crippen LogP contribution in [-0.2, 0) is 10.0 Å². The zero-order chi connectivity index (χ0) is 14.9. The number of anilines is 1. The van der Waals surface area contributed by atoms with E-state index in [2.05, 4.69) is 9.82 Å². The van der Waals surface area contributed by atoms with E-state index in [0.717, 1.165) is 6.07 Å². The third-order valence-corrected chi connectivity index (χ3v) is 4.25. The van der Waals surface area contributed by atoms with E-state index in [0.29, 0.717) is 5.69 Å². The van der Waals surface area contributed by atoms with Crippen LogP contribution in [0.5, 0.6) is 0 Å². The summed E-state index contributed by atoms with van der Waals surface area (Å²) in [5.74, 6) is -0.500. The molecule has 0 saturated heterocycles. The Morgan fingerprint density at radius 2 is 2.05 bits per heavy atom. The minimum atomic E-state index is -3.77. The molecule has 0 unspecified atom stereocenters. The van der Waals surface area contributed by atoms with Crippen LogP contribution in [0, 0.1) is 12.7 Å². The molecule has 0 atom stereocenters. The number of aryl methyl sites for hydroxylation is 1. The third kappa shape index (κ3) is 2.98. The van der Waals surface area contributed by atoms with Gasteiger partial charge in [-0.25, -0.2) is 12.8 Å². The first-order valence-corrected chi connectivity index (χ1v) is 7.62. The molecule has 1 aromatic heterocycles. The number of aromatic nitrogens is 2. The van der Waals surface area contributed by atoms with Gasteiger partial charge in [0.15, 0.2) is 0 Å². The van der Waals surface area contributed by atoms with E-state index in [1.165, 1.54) is 24.4 Å². The summed E-state index contributed by atoms with van der Waals surface area (Å²) in [7, 11) is -3.77. The van der Waals surface area contributed by atoms with Crippen molar-refractivity contribution in [2.24, 2.45) is 0 Å². The molecule has 20 heavy (non-hydrogen) atoms. The predicted octanol–water partition coefficient (Wildman–Crippen LogP) is 2.71. The minimum absolute atomic E-state index is 0.0619. The van der Waals surface area contributed by atoms with Crippen molar-refractivity contribution in [3.8, 4) is 0 Å². The van der Waals surface area contributed by atoms with Crippen molar-refractivity contribution in [3.05, 3.63) is 42.0 Å². The maximum absolute atomic E-state index is 13.1. The Bertz CT molecular complexity index is 723. The number of halogens is 1. The van der Waals surface area contributed by atoms with Gasteiger partial charge in [-0.3, -0.25) is 9.40 Å². The average molecular weight is 297 g/mol. The fraction of sp³-hybridized carbons (Fsp3) is 0.308. The van der Waals surface area contributed by atoms with Crippen LogP contribution in [0.4, 0.5) is 10.1 Å². The van der Waals surface area contributed by atoms with Gasteiger partial charge in [-0.05, 0) is 39.0 Å². The van der Waals surface area contributed by atoms with E-state index in [1.807, 2.05) is 13.8 Å². The van der Waals surface area contributed by atoms with E-state index in [-0.39, 0.29) is 16.6 Å². The maximum atomic E-state index is 13.1. The monoisotopic (exact) mass is 297 g/mol. The van der Waals surface area contributed by atoms with Crippen molar-refractivity contribution in [1.82, 2.24) is 9.78 Å². The van der Waals surface area contributed by atoms with Crippen LogP contribution < -0.4 is 4.72 Å². The number of hydrogen-bond donors (Lipinski definition) is 1. The molecule has 0 bridgehead atoms. The Balaban J connectivity index is 2.36. The largest absolute Gasteiger partial charge is 0.279 e. The van der Waals surface area contributed by atoms with Crippen molar-refractivity contribution < 1.29 is 12.8 Å². The lowest BCUT2D eigenvalue weighted by molar-refractivity contribution is 0.528. The summed E-state index contributed by atoms with van der Waals surface area (Å²) in [6, 6.07) is 5.37. The lowest BCUT2D eigenvalue weighted by Crippen LogP contribution is -2.13. The van der Waals surface area contributed by atoms with Gasteiger partial charge in [-0.1, -0.05) is 6.07 Å². The van der Waals surface area contributed by atoms with Gasteiger partial charge in [0.1, 0.15) is 10.7 Å². The maximum Gasteiger partial charge on any atom is 0.265 e. The van der Waals surface area contributed by atoms with E-state index in [9.17, 15) is 12.8 Å². The normalized spacial score (nSPS) is 11.8. The molecule has 0 aliphatic rings. The quantitative estimate of drug-likeness (QED) is 0.943. The fourth-order valence-corrected chi connectivity index (χ4v) is 2.98. The van der Waals surface area contributed by atoms with E-state index >= 15 is 0 Å². The summed E-state index contributed by atoms with van der Waals surface area (Å²) >= 11 is 0. The average Bonchev–Trinajstić information content (AvgIpc) is 2.71. The van der Waals surface area contributed by atoms with Crippen LogP contribution in [0.2, 0.25) is 0 Å². The second-order valence-corrected chi connectivity index (χ2v) is 6.42. The minimum Gasteiger partial charge on any atom is -0.279 e. The van der Waals surface area contributed by atoms with Crippen molar-refractivity contribution in [1.29, 1.82) is 0 Å². The molecule has 1 N–H and O–H groups in total. The highest BCUT2D eigenvalue weighted by Gasteiger charge is 2.21. The van der Waals surface area contributed by atoms with Crippen LogP contribution in [0.15, 0.2) is 35.4 Å². The Kier molecular flexibility index (Phi) is 3.80. The topological polar surface area (TPSA) is 64.0 Å².